The maximum atomic E-state index is 12.5. The van der Waals surface area contributed by atoms with Gasteiger partial charge in [-0.1, -0.05) is 6.07 Å². The molecule has 0 fully saturated rings. The van der Waals surface area contributed by atoms with Crippen LogP contribution in [0.25, 0.3) is 0 Å². The van der Waals surface area contributed by atoms with Crippen LogP contribution in [0.4, 0.5) is 5.69 Å². The summed E-state index contributed by atoms with van der Waals surface area (Å²) in [7, 11) is 3.65. The van der Waals surface area contributed by atoms with Crippen molar-refractivity contribution in [3.63, 3.8) is 0 Å². The zero-order valence-electron chi connectivity index (χ0n) is 12.2. The minimum atomic E-state index is 0.0159. The first-order chi connectivity index (χ1) is 9.52. The maximum absolute atomic E-state index is 12.5. The number of hydrogen-bond donors (Lipinski definition) is 1. The Labute approximate surface area is 123 Å². The summed E-state index contributed by atoms with van der Waals surface area (Å²) in [6.45, 7) is 4.57. The van der Waals surface area contributed by atoms with Crippen molar-refractivity contribution in [3.8, 4) is 0 Å². The van der Waals surface area contributed by atoms with Gasteiger partial charge in [0.2, 0.25) is 0 Å². The van der Waals surface area contributed by atoms with Crippen molar-refractivity contribution < 1.29 is 4.79 Å². The fraction of sp³-hybridized carbons (Fsp3) is 0.333. The van der Waals surface area contributed by atoms with Crippen LogP contribution in [-0.2, 0) is 6.54 Å². The third kappa shape index (κ3) is 2.99. The number of thiazole rings is 1. The number of anilines is 1. The van der Waals surface area contributed by atoms with Gasteiger partial charge in [0.15, 0.2) is 0 Å². The lowest BCUT2D eigenvalue weighted by molar-refractivity contribution is 0.0787. The van der Waals surface area contributed by atoms with Gasteiger partial charge in [-0.25, -0.2) is 4.98 Å². The van der Waals surface area contributed by atoms with Crippen LogP contribution in [0.2, 0.25) is 0 Å². The average molecular weight is 289 g/mol. The predicted octanol–water partition coefficient (Wildman–Crippen LogP) is 3.07. The van der Waals surface area contributed by atoms with Gasteiger partial charge in [0.1, 0.15) is 0 Å². The number of carbonyl (C=O) groups excluding carboxylic acids is 1. The molecule has 0 aliphatic heterocycles. The Kier molecular flexibility index (Phi) is 4.39. The molecule has 0 aliphatic rings. The normalized spacial score (nSPS) is 10.4. The SMILES string of the molecule is CNc1cc(C)ccc1C(=O)N(C)Cc1scnc1C. The van der Waals surface area contributed by atoms with Gasteiger partial charge in [0, 0.05) is 24.7 Å². The zero-order valence-corrected chi connectivity index (χ0v) is 13.0. The summed E-state index contributed by atoms with van der Waals surface area (Å²) in [5, 5.41) is 3.09. The molecule has 0 bridgehead atoms. The van der Waals surface area contributed by atoms with Crippen LogP contribution in [-0.4, -0.2) is 29.9 Å². The van der Waals surface area contributed by atoms with Crippen molar-refractivity contribution in [3.05, 3.63) is 45.4 Å². The van der Waals surface area contributed by atoms with E-state index in [-0.39, 0.29) is 5.91 Å². The van der Waals surface area contributed by atoms with Gasteiger partial charge in [0.25, 0.3) is 5.91 Å². The Balaban J connectivity index is 2.20. The number of benzene rings is 1. The third-order valence-electron chi connectivity index (χ3n) is 3.25. The highest BCUT2D eigenvalue weighted by Gasteiger charge is 2.17. The van der Waals surface area contributed by atoms with E-state index in [0.29, 0.717) is 12.1 Å². The lowest BCUT2D eigenvalue weighted by Crippen LogP contribution is -2.26. The Hall–Kier alpha value is -1.88. The third-order valence-corrected chi connectivity index (χ3v) is 4.17. The molecule has 20 heavy (non-hydrogen) atoms. The number of hydrogen-bond acceptors (Lipinski definition) is 4. The largest absolute Gasteiger partial charge is 0.387 e. The van der Waals surface area contributed by atoms with Crippen LogP contribution in [0, 0.1) is 13.8 Å². The second kappa shape index (κ2) is 6.05. The van der Waals surface area contributed by atoms with E-state index in [1.54, 1.807) is 16.2 Å². The number of carbonyl (C=O) groups is 1. The molecule has 1 heterocycles. The fourth-order valence-electron chi connectivity index (χ4n) is 2.02. The molecular weight excluding hydrogens is 270 g/mol. The van der Waals surface area contributed by atoms with E-state index in [1.165, 1.54) is 0 Å². The summed E-state index contributed by atoms with van der Waals surface area (Å²) < 4.78 is 0. The van der Waals surface area contributed by atoms with Crippen LogP contribution in [0.15, 0.2) is 23.7 Å². The quantitative estimate of drug-likeness (QED) is 0.941. The maximum Gasteiger partial charge on any atom is 0.256 e. The van der Waals surface area contributed by atoms with Crippen molar-refractivity contribution in [1.82, 2.24) is 9.88 Å². The Morgan fingerprint density at radius 2 is 2.15 bits per heavy atom. The predicted molar refractivity (Wildman–Crippen MR) is 83.4 cm³/mol. The monoisotopic (exact) mass is 289 g/mol. The van der Waals surface area contributed by atoms with E-state index >= 15 is 0 Å². The lowest BCUT2D eigenvalue weighted by atomic mass is 10.1. The van der Waals surface area contributed by atoms with Gasteiger partial charge in [-0.15, -0.1) is 11.3 Å². The highest BCUT2D eigenvalue weighted by atomic mass is 32.1. The van der Waals surface area contributed by atoms with Gasteiger partial charge < -0.3 is 10.2 Å². The molecular formula is C15H19N3OS. The number of aromatic nitrogens is 1. The van der Waals surface area contributed by atoms with Crippen LogP contribution in [0.5, 0.6) is 0 Å². The van der Waals surface area contributed by atoms with Crippen molar-refractivity contribution in [2.75, 3.05) is 19.4 Å². The van der Waals surface area contributed by atoms with Crippen LogP contribution < -0.4 is 5.32 Å². The van der Waals surface area contributed by atoms with E-state index < -0.39 is 0 Å². The van der Waals surface area contributed by atoms with Gasteiger partial charge in [-0.3, -0.25) is 4.79 Å². The first-order valence-electron chi connectivity index (χ1n) is 6.45. The molecule has 0 radical (unpaired) electrons. The molecule has 106 valence electrons. The molecule has 5 heteroatoms. The summed E-state index contributed by atoms with van der Waals surface area (Å²) in [5.41, 5.74) is 5.50. The Morgan fingerprint density at radius 1 is 1.40 bits per heavy atom. The van der Waals surface area contributed by atoms with Gasteiger partial charge in [0.05, 0.1) is 23.3 Å². The summed E-state index contributed by atoms with van der Waals surface area (Å²) in [4.78, 5) is 19.6. The Morgan fingerprint density at radius 3 is 2.75 bits per heavy atom. The van der Waals surface area contributed by atoms with Crippen molar-refractivity contribution in [2.45, 2.75) is 20.4 Å². The number of nitrogens with zero attached hydrogens (tertiary/aromatic N) is 2. The summed E-state index contributed by atoms with van der Waals surface area (Å²) in [5.74, 6) is 0.0159. The number of nitrogens with one attached hydrogen (secondary N) is 1. The lowest BCUT2D eigenvalue weighted by Gasteiger charge is -2.19. The van der Waals surface area contributed by atoms with E-state index in [2.05, 4.69) is 10.3 Å². The van der Waals surface area contributed by atoms with Crippen molar-refractivity contribution in [1.29, 1.82) is 0 Å². The van der Waals surface area contributed by atoms with Crippen LogP contribution in [0.3, 0.4) is 0 Å². The molecule has 1 amide bonds. The van der Waals surface area contributed by atoms with Gasteiger partial charge in [-0.2, -0.15) is 0 Å². The average Bonchev–Trinajstić information content (AvgIpc) is 2.83. The fourth-order valence-corrected chi connectivity index (χ4v) is 2.85. The molecule has 1 N–H and O–H groups in total. The number of amides is 1. The first kappa shape index (κ1) is 14.5. The molecule has 0 saturated heterocycles. The molecule has 2 aromatic rings. The van der Waals surface area contributed by atoms with E-state index in [4.69, 9.17) is 0 Å². The Bertz CT molecular complexity index is 621. The topological polar surface area (TPSA) is 45.2 Å². The molecule has 0 atom stereocenters. The highest BCUT2D eigenvalue weighted by molar-refractivity contribution is 7.09. The number of aryl methyl sites for hydroxylation is 2. The molecule has 0 spiro atoms. The molecule has 0 saturated carbocycles. The molecule has 1 aromatic heterocycles. The van der Waals surface area contributed by atoms with E-state index in [9.17, 15) is 4.79 Å². The van der Waals surface area contributed by atoms with Crippen LogP contribution >= 0.6 is 11.3 Å². The first-order valence-corrected chi connectivity index (χ1v) is 7.33. The molecule has 0 unspecified atom stereocenters. The second-order valence-electron chi connectivity index (χ2n) is 4.82. The van der Waals surface area contributed by atoms with Crippen molar-refractivity contribution >= 4 is 22.9 Å². The zero-order chi connectivity index (χ0) is 14.7. The standard InChI is InChI=1S/C15H19N3OS/c1-10-5-6-12(13(7-10)16-3)15(19)18(4)8-14-11(2)17-9-20-14/h5-7,9,16H,8H2,1-4H3. The second-order valence-corrected chi connectivity index (χ2v) is 5.76. The van der Waals surface area contributed by atoms with Gasteiger partial charge >= 0.3 is 0 Å². The highest BCUT2D eigenvalue weighted by Crippen LogP contribution is 2.21. The molecule has 4 nitrogen and oxygen atoms in total. The number of rotatable bonds is 4. The van der Waals surface area contributed by atoms with E-state index in [1.807, 2.05) is 51.7 Å². The summed E-state index contributed by atoms with van der Waals surface area (Å²) in [6, 6.07) is 5.82. The summed E-state index contributed by atoms with van der Waals surface area (Å²) in [6.07, 6.45) is 0. The minimum Gasteiger partial charge on any atom is -0.387 e. The molecule has 0 aliphatic carbocycles. The van der Waals surface area contributed by atoms with Crippen molar-refractivity contribution in [2.24, 2.45) is 0 Å². The molecule has 2 rings (SSSR count). The summed E-state index contributed by atoms with van der Waals surface area (Å²) >= 11 is 1.58. The van der Waals surface area contributed by atoms with E-state index in [0.717, 1.165) is 21.8 Å². The van der Waals surface area contributed by atoms with Crippen LogP contribution in [0.1, 0.15) is 26.5 Å². The minimum absolute atomic E-state index is 0.0159. The van der Waals surface area contributed by atoms with Gasteiger partial charge in [-0.05, 0) is 31.5 Å². The smallest absolute Gasteiger partial charge is 0.256 e. The molecule has 1 aromatic carbocycles.